The Morgan fingerprint density at radius 1 is 1.11 bits per heavy atom. The van der Waals surface area contributed by atoms with E-state index in [1.165, 1.54) is 6.07 Å². The van der Waals surface area contributed by atoms with Gasteiger partial charge in [-0.15, -0.1) is 0 Å². The van der Waals surface area contributed by atoms with Crippen molar-refractivity contribution in [3.8, 4) is 0 Å². The Morgan fingerprint density at radius 2 is 1.89 bits per heavy atom. The van der Waals surface area contributed by atoms with Crippen LogP contribution in [0, 0.1) is 0 Å². The highest BCUT2D eigenvalue weighted by Crippen LogP contribution is 1.65. The van der Waals surface area contributed by atoms with Crippen LogP contribution in [0.4, 0.5) is 0 Å². The summed E-state index contributed by atoms with van der Waals surface area (Å²) >= 11 is 0. The van der Waals surface area contributed by atoms with Crippen LogP contribution in [0.25, 0.3) is 0 Å². The number of rotatable bonds is 0. The fourth-order valence-corrected chi connectivity index (χ4v) is 0.413. The van der Waals surface area contributed by atoms with E-state index in [2.05, 4.69) is 4.42 Å². The van der Waals surface area contributed by atoms with Crippen LogP contribution in [-0.2, 0) is 0 Å². The molecule has 0 aliphatic heterocycles. The average molecular weight is 124 g/mol. The highest BCUT2D eigenvalue weighted by atomic mass is 16.4. The van der Waals surface area contributed by atoms with Crippen LogP contribution in [0.2, 0.25) is 0 Å². The zero-order chi connectivity index (χ0) is 6.69. The quantitative estimate of drug-likeness (QED) is 0.489. The Morgan fingerprint density at radius 3 is 2.67 bits per heavy atom. The van der Waals surface area contributed by atoms with Gasteiger partial charge < -0.3 is 4.42 Å². The van der Waals surface area contributed by atoms with Crippen LogP contribution >= 0.6 is 0 Å². The Labute approximate surface area is 50.6 Å². The molecule has 3 nitrogen and oxygen atoms in total. The first kappa shape index (κ1) is 5.75. The van der Waals surface area contributed by atoms with Gasteiger partial charge in [-0.1, -0.05) is 0 Å². The van der Waals surface area contributed by atoms with Gasteiger partial charge in [-0.2, -0.15) is 0 Å². The lowest BCUT2D eigenvalue weighted by atomic mass is 10.5. The van der Waals surface area contributed by atoms with E-state index in [0.29, 0.717) is 0 Å². The van der Waals surface area contributed by atoms with Crippen LogP contribution < -0.4 is 11.1 Å². The number of hydrogen-bond donors (Lipinski definition) is 0. The molecule has 0 aliphatic rings. The normalized spacial score (nSPS) is 8.89. The largest absolute Gasteiger partial charge is 0.431 e. The summed E-state index contributed by atoms with van der Waals surface area (Å²) in [5, 5.41) is 0. The van der Waals surface area contributed by atoms with Gasteiger partial charge in [-0.05, 0) is 6.07 Å². The molecule has 46 valence electrons. The van der Waals surface area contributed by atoms with Crippen molar-refractivity contribution in [2.24, 2.45) is 0 Å². The van der Waals surface area contributed by atoms with Gasteiger partial charge in [0.25, 0.3) is 0 Å². The van der Waals surface area contributed by atoms with Crippen molar-refractivity contribution in [2.45, 2.75) is 0 Å². The Balaban J connectivity index is 3.51. The van der Waals surface area contributed by atoms with Gasteiger partial charge in [0.15, 0.2) is 5.43 Å². The molecule has 0 amide bonds. The molecular weight excluding hydrogens is 120 g/mol. The van der Waals surface area contributed by atoms with Crippen LogP contribution in [-0.4, -0.2) is 0 Å². The third kappa shape index (κ3) is 1.53. The fourth-order valence-electron chi connectivity index (χ4n) is 0.413. The van der Waals surface area contributed by atoms with E-state index >= 15 is 0 Å². The molecule has 1 aromatic heterocycles. The zero-order valence-electron chi connectivity index (χ0n) is 4.53. The summed E-state index contributed by atoms with van der Waals surface area (Å²) in [6.45, 7) is 0. The van der Waals surface area contributed by atoms with Gasteiger partial charge in [-0.25, -0.2) is 4.79 Å². The third-order valence-corrected chi connectivity index (χ3v) is 0.800. The fraction of sp³-hybridized carbons (Fsp3) is 0. The van der Waals surface area contributed by atoms with E-state index in [1.807, 2.05) is 0 Å². The molecule has 0 atom stereocenters. The van der Waals surface area contributed by atoms with E-state index in [0.717, 1.165) is 18.4 Å². The lowest BCUT2D eigenvalue weighted by molar-refractivity contribution is 0.516. The monoisotopic (exact) mass is 124 g/mol. The molecule has 0 saturated heterocycles. The predicted octanol–water partition coefficient (Wildman–Crippen LogP) is 0. The lowest BCUT2D eigenvalue weighted by Crippen LogP contribution is -1.91. The van der Waals surface area contributed by atoms with E-state index in [1.54, 1.807) is 0 Å². The van der Waals surface area contributed by atoms with Crippen LogP contribution in [0.15, 0.2) is 38.5 Å². The molecule has 0 N–H and O–H groups in total. The van der Waals surface area contributed by atoms with Gasteiger partial charge in [0.1, 0.15) is 0 Å². The minimum absolute atomic E-state index is 0.235. The molecule has 9 heavy (non-hydrogen) atoms. The predicted molar refractivity (Wildman–Crippen MR) is 31.2 cm³/mol. The summed E-state index contributed by atoms with van der Waals surface area (Å²) in [7, 11) is 0. The molecular formula is C6H4O3. The molecule has 0 aliphatic carbocycles. The molecule has 1 rings (SSSR count). The van der Waals surface area contributed by atoms with Crippen molar-refractivity contribution in [3.05, 3.63) is 45.1 Å². The van der Waals surface area contributed by atoms with Crippen molar-refractivity contribution in [1.82, 2.24) is 0 Å². The maximum atomic E-state index is 10.4. The summed E-state index contributed by atoms with van der Waals surface area (Å²) in [6.07, 6.45) is 1.07. The molecule has 1 heterocycles. The Kier molecular flexibility index (Phi) is 1.44. The van der Waals surface area contributed by atoms with E-state index < -0.39 is 5.63 Å². The van der Waals surface area contributed by atoms with Crippen molar-refractivity contribution in [3.63, 3.8) is 0 Å². The maximum Gasteiger partial charge on any atom is 0.335 e. The molecule has 0 bridgehead atoms. The summed E-state index contributed by atoms with van der Waals surface area (Å²) in [6, 6.07) is 3.43. The van der Waals surface area contributed by atoms with Crippen LogP contribution in [0.5, 0.6) is 0 Å². The molecule has 0 fully saturated rings. The highest BCUT2D eigenvalue weighted by molar-refractivity contribution is 4.90. The summed E-state index contributed by atoms with van der Waals surface area (Å²) in [5.74, 6) is 0. The summed E-state index contributed by atoms with van der Waals surface area (Å²) in [4.78, 5) is 20.7. The van der Waals surface area contributed by atoms with Crippen LogP contribution in [0.3, 0.4) is 0 Å². The maximum absolute atomic E-state index is 10.4. The molecule has 0 saturated carbocycles. The first-order valence-electron chi connectivity index (χ1n) is 2.38. The first-order chi connectivity index (χ1) is 4.29. The topological polar surface area (TPSA) is 47.3 Å². The second kappa shape index (κ2) is 2.26. The second-order valence-corrected chi connectivity index (χ2v) is 1.48. The Hall–Kier alpha value is -1.38. The van der Waals surface area contributed by atoms with Gasteiger partial charge >= 0.3 is 5.63 Å². The van der Waals surface area contributed by atoms with Crippen LogP contribution in [0.1, 0.15) is 0 Å². The van der Waals surface area contributed by atoms with E-state index in [9.17, 15) is 9.59 Å². The molecule has 0 aromatic carbocycles. The zero-order valence-corrected chi connectivity index (χ0v) is 4.53. The van der Waals surface area contributed by atoms with Gasteiger partial charge in [0.05, 0.1) is 6.26 Å². The summed E-state index contributed by atoms with van der Waals surface area (Å²) < 4.78 is 4.35. The number of hydrogen-bond acceptors (Lipinski definition) is 3. The van der Waals surface area contributed by atoms with Gasteiger partial charge in [-0.3, -0.25) is 4.79 Å². The molecule has 0 spiro atoms. The Bertz CT molecular complexity index is 270. The summed E-state index contributed by atoms with van der Waals surface area (Å²) in [5.41, 5.74) is -0.752. The van der Waals surface area contributed by atoms with Crippen molar-refractivity contribution >= 4 is 0 Å². The third-order valence-electron chi connectivity index (χ3n) is 0.800. The van der Waals surface area contributed by atoms with Crippen molar-refractivity contribution in [1.29, 1.82) is 0 Å². The smallest absolute Gasteiger partial charge is 0.335 e. The molecule has 0 radical (unpaired) electrons. The van der Waals surface area contributed by atoms with Crippen molar-refractivity contribution in [2.75, 3.05) is 0 Å². The van der Waals surface area contributed by atoms with Gasteiger partial charge in [0.2, 0.25) is 0 Å². The van der Waals surface area contributed by atoms with Gasteiger partial charge in [0, 0.05) is 12.1 Å². The molecule has 1 aromatic rings. The average Bonchev–Trinajstić information content (AvgIpc) is 1.97. The molecule has 3 heteroatoms. The van der Waals surface area contributed by atoms with E-state index in [-0.39, 0.29) is 5.43 Å². The molecule has 0 unspecified atom stereocenters. The highest BCUT2D eigenvalue weighted by Gasteiger charge is 1.78. The SMILES string of the molecule is O=c1ccoc(=O)cc1. The first-order valence-corrected chi connectivity index (χ1v) is 2.38. The minimum Gasteiger partial charge on any atom is -0.431 e. The van der Waals surface area contributed by atoms with E-state index in [4.69, 9.17) is 0 Å². The lowest BCUT2D eigenvalue weighted by Gasteiger charge is -1.60. The minimum atomic E-state index is -0.517. The van der Waals surface area contributed by atoms with Crippen molar-refractivity contribution < 1.29 is 4.42 Å². The standard InChI is InChI=1S/C6H4O3/c7-5-1-2-6(8)9-4-3-5/h1-4H. The second-order valence-electron chi connectivity index (χ2n) is 1.48.